The van der Waals surface area contributed by atoms with Crippen molar-refractivity contribution in [3.63, 3.8) is 0 Å². The van der Waals surface area contributed by atoms with E-state index in [1.165, 1.54) is 12.8 Å². The van der Waals surface area contributed by atoms with Crippen LogP contribution in [0.4, 0.5) is 0 Å². The zero-order chi connectivity index (χ0) is 12.4. The lowest BCUT2D eigenvalue weighted by Gasteiger charge is -2.42. The Kier molecular flexibility index (Phi) is 2.45. The van der Waals surface area contributed by atoms with E-state index in [1.54, 1.807) is 0 Å². The van der Waals surface area contributed by atoms with E-state index >= 15 is 0 Å². The Labute approximate surface area is 105 Å². The van der Waals surface area contributed by atoms with Crippen molar-refractivity contribution in [2.75, 3.05) is 0 Å². The van der Waals surface area contributed by atoms with Crippen molar-refractivity contribution in [3.05, 3.63) is 0 Å². The quantitative estimate of drug-likeness (QED) is 0.642. The molecule has 0 amide bonds. The Hall–Kier alpha value is -0.0800. The van der Waals surface area contributed by atoms with Crippen LogP contribution >= 0.6 is 0 Å². The molecular formula is C15H26O2. The highest BCUT2D eigenvalue weighted by molar-refractivity contribution is 5.07. The van der Waals surface area contributed by atoms with Crippen molar-refractivity contribution in [1.82, 2.24) is 0 Å². The molecule has 17 heavy (non-hydrogen) atoms. The molecule has 0 unspecified atom stereocenters. The van der Waals surface area contributed by atoms with Crippen LogP contribution in [0.3, 0.4) is 0 Å². The number of fused-ring (bicyclic) bond motifs is 2. The number of ether oxygens (including phenoxy) is 2. The van der Waals surface area contributed by atoms with Gasteiger partial charge in [0.1, 0.15) is 0 Å². The maximum absolute atomic E-state index is 6.26. The normalized spacial score (nSPS) is 48.2. The predicted molar refractivity (Wildman–Crippen MR) is 67.6 cm³/mol. The highest BCUT2D eigenvalue weighted by Crippen LogP contribution is 2.63. The van der Waals surface area contributed by atoms with Gasteiger partial charge in [-0.1, -0.05) is 20.8 Å². The molecule has 2 aliphatic carbocycles. The van der Waals surface area contributed by atoms with Crippen molar-refractivity contribution in [1.29, 1.82) is 0 Å². The first-order valence-electron chi connectivity index (χ1n) is 7.17. The van der Waals surface area contributed by atoms with Crippen LogP contribution in [-0.4, -0.2) is 18.0 Å². The molecular weight excluding hydrogens is 212 g/mol. The molecule has 1 saturated heterocycles. The van der Waals surface area contributed by atoms with Gasteiger partial charge in [0.15, 0.2) is 5.79 Å². The molecule has 3 aliphatic rings. The Morgan fingerprint density at radius 3 is 2.12 bits per heavy atom. The van der Waals surface area contributed by atoms with E-state index in [4.69, 9.17) is 9.47 Å². The predicted octanol–water partition coefficient (Wildman–Crippen LogP) is 3.60. The van der Waals surface area contributed by atoms with Crippen LogP contribution < -0.4 is 0 Å². The third-order valence-electron chi connectivity index (χ3n) is 5.26. The van der Waals surface area contributed by atoms with Gasteiger partial charge in [-0.25, -0.2) is 0 Å². The average molecular weight is 238 g/mol. The first-order valence-corrected chi connectivity index (χ1v) is 7.17. The summed E-state index contributed by atoms with van der Waals surface area (Å²) < 4.78 is 12.5. The van der Waals surface area contributed by atoms with Gasteiger partial charge in [-0.15, -0.1) is 0 Å². The van der Waals surface area contributed by atoms with Gasteiger partial charge in [0, 0.05) is 12.3 Å². The molecule has 2 nitrogen and oxygen atoms in total. The van der Waals surface area contributed by atoms with E-state index in [0.29, 0.717) is 11.3 Å². The Morgan fingerprint density at radius 1 is 1.00 bits per heavy atom. The molecule has 0 radical (unpaired) electrons. The maximum Gasteiger partial charge on any atom is 0.172 e. The van der Waals surface area contributed by atoms with Crippen molar-refractivity contribution >= 4 is 0 Å². The molecule has 0 aromatic rings. The van der Waals surface area contributed by atoms with Crippen molar-refractivity contribution in [2.24, 2.45) is 23.2 Å². The lowest BCUT2D eigenvalue weighted by molar-refractivity contribution is -0.218. The lowest BCUT2D eigenvalue weighted by Crippen LogP contribution is -2.43. The smallest absolute Gasteiger partial charge is 0.172 e. The third kappa shape index (κ3) is 1.84. The summed E-state index contributed by atoms with van der Waals surface area (Å²) in [6, 6.07) is 0. The van der Waals surface area contributed by atoms with Gasteiger partial charge >= 0.3 is 0 Å². The number of hydrogen-bond donors (Lipinski definition) is 0. The summed E-state index contributed by atoms with van der Waals surface area (Å²) in [5, 5.41) is 0. The summed E-state index contributed by atoms with van der Waals surface area (Å²) in [6.07, 6.45) is 4.33. The zero-order valence-corrected chi connectivity index (χ0v) is 11.8. The summed E-state index contributed by atoms with van der Waals surface area (Å²) in [5.41, 5.74) is 0.377. The Bertz CT molecular complexity index is 307. The fraction of sp³-hybridized carbons (Fsp3) is 1.00. The van der Waals surface area contributed by atoms with Crippen LogP contribution in [0, 0.1) is 23.2 Å². The third-order valence-corrected chi connectivity index (χ3v) is 5.26. The van der Waals surface area contributed by atoms with Gasteiger partial charge in [0.05, 0.1) is 12.2 Å². The van der Waals surface area contributed by atoms with E-state index in [2.05, 4.69) is 34.6 Å². The van der Waals surface area contributed by atoms with Crippen LogP contribution in [0.15, 0.2) is 0 Å². The topological polar surface area (TPSA) is 18.5 Å². The minimum atomic E-state index is -0.223. The number of hydrogen-bond acceptors (Lipinski definition) is 2. The van der Waals surface area contributed by atoms with E-state index in [9.17, 15) is 0 Å². The fourth-order valence-corrected chi connectivity index (χ4v) is 3.77. The van der Waals surface area contributed by atoms with Crippen molar-refractivity contribution in [2.45, 2.75) is 71.9 Å². The second-order valence-electron chi connectivity index (χ2n) is 7.56. The van der Waals surface area contributed by atoms with E-state index < -0.39 is 0 Å². The van der Waals surface area contributed by atoms with Crippen LogP contribution in [0.5, 0.6) is 0 Å². The van der Waals surface area contributed by atoms with E-state index in [-0.39, 0.29) is 18.0 Å². The summed E-state index contributed by atoms with van der Waals surface area (Å²) >= 11 is 0. The Morgan fingerprint density at radius 2 is 1.59 bits per heavy atom. The molecule has 98 valence electrons. The van der Waals surface area contributed by atoms with Gasteiger partial charge in [-0.3, -0.25) is 0 Å². The van der Waals surface area contributed by atoms with Crippen LogP contribution in [-0.2, 0) is 9.47 Å². The maximum atomic E-state index is 6.26. The fourth-order valence-electron chi connectivity index (χ4n) is 3.77. The minimum absolute atomic E-state index is 0.223. The van der Waals surface area contributed by atoms with Crippen LogP contribution in [0.2, 0.25) is 0 Å². The van der Waals surface area contributed by atoms with Gasteiger partial charge < -0.3 is 9.47 Å². The summed E-state index contributed by atoms with van der Waals surface area (Å²) in [7, 11) is 0. The monoisotopic (exact) mass is 238 g/mol. The average Bonchev–Trinajstić information content (AvgIpc) is 2.90. The molecule has 2 saturated carbocycles. The molecule has 5 atom stereocenters. The molecule has 1 heterocycles. The van der Waals surface area contributed by atoms with Gasteiger partial charge in [0.25, 0.3) is 0 Å². The molecule has 0 aromatic carbocycles. The molecule has 1 aliphatic heterocycles. The van der Waals surface area contributed by atoms with Gasteiger partial charge in [-0.2, -0.15) is 0 Å². The minimum Gasteiger partial charge on any atom is -0.344 e. The van der Waals surface area contributed by atoms with Crippen molar-refractivity contribution < 1.29 is 9.47 Å². The number of rotatable bonds is 0. The largest absolute Gasteiger partial charge is 0.344 e. The highest BCUT2D eigenvalue weighted by atomic mass is 16.8. The second-order valence-corrected chi connectivity index (χ2v) is 7.56. The molecule has 3 fully saturated rings. The van der Waals surface area contributed by atoms with Crippen LogP contribution in [0.1, 0.15) is 53.9 Å². The SMILES string of the molecule is C[C@H]1OC2(C[C@@H](C(C)(C)C)C[C@H]3C[C@H]32)O[C@@H]1C. The molecule has 0 bridgehead atoms. The molecule has 3 rings (SSSR count). The standard InChI is InChI=1S/C15H26O2/c1-9-10(2)17-15(16-9)8-12(14(3,4)5)6-11-7-13(11)15/h9-13H,6-8H2,1-5H3/t9-,10-,11+,12+,13-/m1/s1. The van der Waals surface area contributed by atoms with Gasteiger partial charge in [0.2, 0.25) is 0 Å². The first-order chi connectivity index (χ1) is 7.82. The van der Waals surface area contributed by atoms with E-state index in [0.717, 1.165) is 18.3 Å². The lowest BCUT2D eigenvalue weighted by atomic mass is 9.70. The van der Waals surface area contributed by atoms with Crippen molar-refractivity contribution in [3.8, 4) is 0 Å². The summed E-state index contributed by atoms with van der Waals surface area (Å²) in [6.45, 7) is 11.4. The highest BCUT2D eigenvalue weighted by Gasteiger charge is 2.63. The summed E-state index contributed by atoms with van der Waals surface area (Å²) in [5.74, 6) is 2.07. The molecule has 0 aromatic heterocycles. The Balaban J connectivity index is 1.82. The van der Waals surface area contributed by atoms with Crippen LogP contribution in [0.25, 0.3) is 0 Å². The molecule has 1 spiro atoms. The zero-order valence-electron chi connectivity index (χ0n) is 11.8. The van der Waals surface area contributed by atoms with E-state index in [1.807, 2.05) is 0 Å². The molecule has 0 N–H and O–H groups in total. The van der Waals surface area contributed by atoms with Gasteiger partial charge in [-0.05, 0) is 43.9 Å². The molecule has 2 heteroatoms. The second kappa shape index (κ2) is 3.48. The summed E-state index contributed by atoms with van der Waals surface area (Å²) in [4.78, 5) is 0. The first kappa shape index (κ1) is 12.0.